The van der Waals surface area contributed by atoms with Crippen LogP contribution in [0, 0.1) is 11.7 Å². The molecule has 3 rings (SSSR count). The molecule has 3 nitrogen and oxygen atoms in total. The number of nitrogens with one attached hydrogen (secondary N) is 1. The second-order valence-corrected chi connectivity index (χ2v) is 6.89. The Labute approximate surface area is 140 Å². The lowest BCUT2D eigenvalue weighted by Gasteiger charge is -2.20. The van der Waals surface area contributed by atoms with Crippen molar-refractivity contribution in [2.75, 3.05) is 6.54 Å². The van der Waals surface area contributed by atoms with Crippen molar-refractivity contribution in [2.45, 2.75) is 38.5 Å². The smallest absolute Gasteiger partial charge is 0.223 e. The molecule has 0 radical (unpaired) electrons. The summed E-state index contributed by atoms with van der Waals surface area (Å²) in [5, 5.41) is 5.82. The van der Waals surface area contributed by atoms with Crippen LogP contribution in [0.15, 0.2) is 29.6 Å². The molecule has 1 aliphatic rings. The molecule has 1 fully saturated rings. The van der Waals surface area contributed by atoms with Gasteiger partial charge in [0.2, 0.25) is 5.91 Å². The van der Waals surface area contributed by atoms with Crippen molar-refractivity contribution in [3.05, 3.63) is 41.2 Å². The number of nitrogens with zero attached hydrogens (tertiary/aromatic N) is 1. The van der Waals surface area contributed by atoms with Crippen LogP contribution in [0.5, 0.6) is 0 Å². The Morgan fingerprint density at radius 1 is 1.30 bits per heavy atom. The highest BCUT2D eigenvalue weighted by molar-refractivity contribution is 7.13. The van der Waals surface area contributed by atoms with E-state index < -0.39 is 0 Å². The van der Waals surface area contributed by atoms with Gasteiger partial charge in [0.05, 0.1) is 5.69 Å². The van der Waals surface area contributed by atoms with E-state index in [4.69, 9.17) is 0 Å². The van der Waals surface area contributed by atoms with Gasteiger partial charge in [-0.05, 0) is 25.0 Å². The van der Waals surface area contributed by atoms with E-state index in [2.05, 4.69) is 10.3 Å². The van der Waals surface area contributed by atoms with E-state index in [0.29, 0.717) is 13.0 Å². The first-order chi connectivity index (χ1) is 11.2. The lowest BCUT2D eigenvalue weighted by atomic mass is 9.89. The fraction of sp³-hybridized carbons (Fsp3) is 0.444. The van der Waals surface area contributed by atoms with Crippen LogP contribution in [0.2, 0.25) is 0 Å². The molecule has 0 saturated heterocycles. The van der Waals surface area contributed by atoms with Gasteiger partial charge in [-0.3, -0.25) is 4.79 Å². The van der Waals surface area contributed by atoms with Gasteiger partial charge in [0, 0.05) is 29.8 Å². The number of carbonyl (C=O) groups is 1. The van der Waals surface area contributed by atoms with E-state index in [9.17, 15) is 9.18 Å². The number of benzene rings is 1. The molecular weight excluding hydrogens is 311 g/mol. The van der Waals surface area contributed by atoms with Gasteiger partial charge in [-0.15, -0.1) is 11.3 Å². The molecule has 2 aromatic rings. The van der Waals surface area contributed by atoms with Gasteiger partial charge in [0.15, 0.2) is 0 Å². The molecule has 0 atom stereocenters. The normalized spacial score (nSPS) is 15.5. The molecule has 1 aromatic carbocycles. The molecule has 0 unspecified atom stereocenters. The molecule has 1 amide bonds. The van der Waals surface area contributed by atoms with Gasteiger partial charge >= 0.3 is 0 Å². The molecule has 0 spiro atoms. The zero-order valence-corrected chi connectivity index (χ0v) is 13.9. The standard InChI is InChI=1S/C18H21FN2OS/c19-15-8-4-7-14(11-15)18-21-16(12-23-18)9-10-20-17(22)13-5-2-1-3-6-13/h4,7-8,11-13H,1-3,5-6,9-10H2,(H,20,22). The summed E-state index contributed by atoms with van der Waals surface area (Å²) in [5.41, 5.74) is 1.74. The summed E-state index contributed by atoms with van der Waals surface area (Å²) >= 11 is 1.51. The summed E-state index contributed by atoms with van der Waals surface area (Å²) < 4.78 is 13.3. The maximum Gasteiger partial charge on any atom is 0.223 e. The number of amides is 1. The lowest BCUT2D eigenvalue weighted by Crippen LogP contribution is -2.33. The summed E-state index contributed by atoms with van der Waals surface area (Å²) in [4.78, 5) is 16.6. The van der Waals surface area contributed by atoms with Crippen molar-refractivity contribution < 1.29 is 9.18 Å². The molecule has 1 aromatic heterocycles. The lowest BCUT2D eigenvalue weighted by molar-refractivity contribution is -0.125. The maximum atomic E-state index is 13.3. The number of hydrogen-bond acceptors (Lipinski definition) is 3. The Bertz CT molecular complexity index is 665. The molecule has 5 heteroatoms. The van der Waals surface area contributed by atoms with Gasteiger partial charge in [0.25, 0.3) is 0 Å². The number of thiazole rings is 1. The minimum atomic E-state index is -0.251. The molecule has 1 heterocycles. The number of rotatable bonds is 5. The van der Waals surface area contributed by atoms with E-state index in [1.165, 1.54) is 42.7 Å². The fourth-order valence-electron chi connectivity index (χ4n) is 3.00. The van der Waals surface area contributed by atoms with Crippen molar-refractivity contribution in [1.29, 1.82) is 0 Å². The minimum Gasteiger partial charge on any atom is -0.355 e. The number of aromatic nitrogens is 1. The molecule has 0 bridgehead atoms. The third-order valence-electron chi connectivity index (χ3n) is 4.28. The number of hydrogen-bond donors (Lipinski definition) is 1. The largest absolute Gasteiger partial charge is 0.355 e. The second-order valence-electron chi connectivity index (χ2n) is 6.03. The van der Waals surface area contributed by atoms with Gasteiger partial charge in [-0.1, -0.05) is 31.4 Å². The van der Waals surface area contributed by atoms with Crippen molar-refractivity contribution in [1.82, 2.24) is 10.3 Å². The monoisotopic (exact) mass is 332 g/mol. The van der Waals surface area contributed by atoms with Crippen LogP contribution in [-0.2, 0) is 11.2 Å². The van der Waals surface area contributed by atoms with Crippen LogP contribution in [0.25, 0.3) is 10.6 Å². The highest BCUT2D eigenvalue weighted by Crippen LogP contribution is 2.25. The van der Waals surface area contributed by atoms with E-state index in [1.807, 2.05) is 11.4 Å². The second kappa shape index (κ2) is 7.68. The van der Waals surface area contributed by atoms with Crippen LogP contribution in [-0.4, -0.2) is 17.4 Å². The Hall–Kier alpha value is -1.75. The Morgan fingerprint density at radius 3 is 2.91 bits per heavy atom. The van der Waals surface area contributed by atoms with E-state index in [-0.39, 0.29) is 17.6 Å². The molecule has 1 aliphatic carbocycles. The summed E-state index contributed by atoms with van der Waals surface area (Å²) in [7, 11) is 0. The molecule has 122 valence electrons. The molecular formula is C18H21FN2OS. The Morgan fingerprint density at radius 2 is 2.13 bits per heavy atom. The SMILES string of the molecule is O=C(NCCc1csc(-c2cccc(F)c2)n1)C1CCCCC1. The predicted octanol–water partition coefficient (Wildman–Crippen LogP) is 4.19. The van der Waals surface area contributed by atoms with Crippen molar-refractivity contribution in [3.63, 3.8) is 0 Å². The maximum absolute atomic E-state index is 13.3. The van der Waals surface area contributed by atoms with E-state index in [0.717, 1.165) is 29.1 Å². The topological polar surface area (TPSA) is 42.0 Å². The molecule has 1 saturated carbocycles. The minimum absolute atomic E-state index is 0.185. The first kappa shape index (κ1) is 16.1. The van der Waals surface area contributed by atoms with Crippen molar-refractivity contribution in [3.8, 4) is 10.6 Å². The number of carbonyl (C=O) groups excluding carboxylic acids is 1. The average molecular weight is 332 g/mol. The summed E-state index contributed by atoms with van der Waals surface area (Å²) in [6, 6.07) is 6.47. The summed E-state index contributed by atoms with van der Waals surface area (Å²) in [6.07, 6.45) is 6.34. The van der Waals surface area contributed by atoms with Crippen LogP contribution in [0.1, 0.15) is 37.8 Å². The predicted molar refractivity (Wildman–Crippen MR) is 90.8 cm³/mol. The number of halogens is 1. The van der Waals surface area contributed by atoms with Crippen LogP contribution >= 0.6 is 11.3 Å². The molecule has 23 heavy (non-hydrogen) atoms. The zero-order chi connectivity index (χ0) is 16.1. The Balaban J connectivity index is 1.50. The summed E-state index contributed by atoms with van der Waals surface area (Å²) in [6.45, 7) is 0.613. The Kier molecular flexibility index (Phi) is 5.39. The van der Waals surface area contributed by atoms with Gasteiger partial charge in [-0.2, -0.15) is 0 Å². The van der Waals surface area contributed by atoms with E-state index in [1.54, 1.807) is 6.07 Å². The van der Waals surface area contributed by atoms with Gasteiger partial charge in [0.1, 0.15) is 10.8 Å². The fourth-order valence-corrected chi connectivity index (χ4v) is 3.85. The van der Waals surface area contributed by atoms with Crippen molar-refractivity contribution in [2.24, 2.45) is 5.92 Å². The third kappa shape index (κ3) is 4.38. The molecule has 1 N–H and O–H groups in total. The zero-order valence-electron chi connectivity index (χ0n) is 13.1. The molecule has 0 aliphatic heterocycles. The van der Waals surface area contributed by atoms with Gasteiger partial charge in [-0.25, -0.2) is 9.37 Å². The van der Waals surface area contributed by atoms with Crippen LogP contribution < -0.4 is 5.32 Å². The summed E-state index contributed by atoms with van der Waals surface area (Å²) in [5.74, 6) is 0.131. The first-order valence-corrected chi connectivity index (χ1v) is 9.08. The highest BCUT2D eigenvalue weighted by atomic mass is 32.1. The highest BCUT2D eigenvalue weighted by Gasteiger charge is 2.20. The quantitative estimate of drug-likeness (QED) is 0.892. The van der Waals surface area contributed by atoms with Crippen LogP contribution in [0.3, 0.4) is 0 Å². The van der Waals surface area contributed by atoms with E-state index >= 15 is 0 Å². The van der Waals surface area contributed by atoms with Gasteiger partial charge < -0.3 is 5.32 Å². The third-order valence-corrected chi connectivity index (χ3v) is 5.22. The first-order valence-electron chi connectivity index (χ1n) is 8.20. The average Bonchev–Trinajstić information content (AvgIpc) is 3.04. The van der Waals surface area contributed by atoms with Crippen molar-refractivity contribution >= 4 is 17.2 Å². The van der Waals surface area contributed by atoms with Crippen LogP contribution in [0.4, 0.5) is 4.39 Å².